The average Bonchev–Trinajstić information content (AvgIpc) is 2.31. The lowest BCUT2D eigenvalue weighted by Crippen LogP contribution is -2.18. The highest BCUT2D eigenvalue weighted by Gasteiger charge is 2.09. The monoisotopic (exact) mass is 266 g/mol. The molecule has 1 heterocycles. The lowest BCUT2D eigenvalue weighted by atomic mass is 9.99. The lowest BCUT2D eigenvalue weighted by Gasteiger charge is -2.10. The zero-order valence-corrected chi connectivity index (χ0v) is 11.7. The molecule has 0 fully saturated rings. The van der Waals surface area contributed by atoms with Crippen LogP contribution in [0.4, 0.5) is 0 Å². The molecule has 18 heavy (non-hydrogen) atoms. The average molecular weight is 266 g/mol. The molecule has 1 aliphatic carbocycles. The van der Waals surface area contributed by atoms with Crippen molar-refractivity contribution in [2.24, 2.45) is 0 Å². The van der Waals surface area contributed by atoms with Crippen LogP contribution in [0.2, 0.25) is 0 Å². The first-order valence-corrected chi connectivity index (χ1v) is 7.52. The molecule has 0 saturated heterocycles. The molecule has 1 aromatic heterocycles. The Kier molecular flexibility index (Phi) is 5.17. The Hall–Kier alpha value is -0.900. The molecule has 0 unspecified atom stereocenters. The van der Waals surface area contributed by atoms with Gasteiger partial charge in [-0.1, -0.05) is 38.5 Å². The van der Waals surface area contributed by atoms with Gasteiger partial charge in [0.25, 0.3) is 5.56 Å². The zero-order chi connectivity index (χ0) is 12.8. The van der Waals surface area contributed by atoms with Crippen LogP contribution in [0.1, 0.15) is 62.6 Å². The summed E-state index contributed by atoms with van der Waals surface area (Å²) in [4.78, 5) is 17.9. The molecule has 0 bridgehead atoms. The predicted molar refractivity (Wildman–Crippen MR) is 76.6 cm³/mol. The van der Waals surface area contributed by atoms with E-state index in [0.29, 0.717) is 4.77 Å². The van der Waals surface area contributed by atoms with Gasteiger partial charge in [-0.3, -0.25) is 9.78 Å². The Morgan fingerprint density at radius 3 is 2.00 bits per heavy atom. The number of aryl methyl sites for hydroxylation is 1. The fourth-order valence-corrected chi connectivity index (χ4v) is 2.92. The maximum absolute atomic E-state index is 12.0. The topological polar surface area (TPSA) is 48.6 Å². The van der Waals surface area contributed by atoms with E-state index in [9.17, 15) is 4.79 Å². The molecule has 0 aromatic carbocycles. The molecule has 2 N–H and O–H groups in total. The quantitative estimate of drug-likeness (QED) is 0.704. The molecule has 0 amide bonds. The van der Waals surface area contributed by atoms with Crippen molar-refractivity contribution in [1.29, 1.82) is 0 Å². The molecule has 3 nitrogen and oxygen atoms in total. The van der Waals surface area contributed by atoms with Crippen molar-refractivity contribution in [3.8, 4) is 0 Å². The van der Waals surface area contributed by atoms with E-state index in [4.69, 9.17) is 12.2 Å². The summed E-state index contributed by atoms with van der Waals surface area (Å²) in [5.41, 5.74) is 2.03. The van der Waals surface area contributed by atoms with E-state index < -0.39 is 0 Å². The minimum Gasteiger partial charge on any atom is -0.336 e. The van der Waals surface area contributed by atoms with Gasteiger partial charge in [0.1, 0.15) is 0 Å². The molecule has 0 saturated carbocycles. The Balaban J connectivity index is 2.20. The number of hydrogen-bond donors (Lipinski definition) is 2. The predicted octanol–water partition coefficient (Wildman–Crippen LogP) is 3.65. The Bertz CT molecular complexity index is 489. The summed E-state index contributed by atoms with van der Waals surface area (Å²) >= 11 is 5.06. The van der Waals surface area contributed by atoms with Gasteiger partial charge in [-0.15, -0.1) is 0 Å². The number of fused-ring (bicyclic) bond motifs is 1. The molecule has 1 aromatic rings. The largest absolute Gasteiger partial charge is 0.336 e. The van der Waals surface area contributed by atoms with Gasteiger partial charge in [-0.2, -0.15) is 0 Å². The second-order valence-corrected chi connectivity index (χ2v) is 5.60. The number of H-pyrrole nitrogens is 2. The molecular formula is C14H22N2OS. The van der Waals surface area contributed by atoms with Crippen LogP contribution in [0.15, 0.2) is 4.79 Å². The number of hydrogen-bond acceptors (Lipinski definition) is 2. The van der Waals surface area contributed by atoms with Gasteiger partial charge in [0.15, 0.2) is 4.77 Å². The Morgan fingerprint density at radius 2 is 1.33 bits per heavy atom. The van der Waals surface area contributed by atoms with Crippen LogP contribution in [0.5, 0.6) is 0 Å². The van der Waals surface area contributed by atoms with Gasteiger partial charge in [-0.05, 0) is 37.9 Å². The van der Waals surface area contributed by atoms with Gasteiger partial charge in [0.2, 0.25) is 0 Å². The normalized spacial score (nSPS) is 18.4. The Labute approximate surface area is 113 Å². The minimum absolute atomic E-state index is 0.0193. The van der Waals surface area contributed by atoms with E-state index in [2.05, 4.69) is 9.97 Å². The fraction of sp³-hybridized carbons (Fsp3) is 0.714. The third kappa shape index (κ3) is 3.80. The van der Waals surface area contributed by atoms with E-state index in [1.54, 1.807) is 0 Å². The number of aromatic amines is 2. The molecule has 0 aliphatic heterocycles. The van der Waals surface area contributed by atoms with Crippen molar-refractivity contribution in [3.05, 3.63) is 26.4 Å². The van der Waals surface area contributed by atoms with Crippen LogP contribution in [-0.4, -0.2) is 9.97 Å². The highest BCUT2D eigenvalue weighted by molar-refractivity contribution is 7.71. The van der Waals surface area contributed by atoms with E-state index in [1.165, 1.54) is 38.5 Å². The lowest BCUT2D eigenvalue weighted by molar-refractivity contribution is 0.555. The molecule has 0 spiro atoms. The smallest absolute Gasteiger partial charge is 0.255 e. The van der Waals surface area contributed by atoms with E-state index in [1.807, 2.05) is 0 Å². The van der Waals surface area contributed by atoms with Crippen molar-refractivity contribution in [2.75, 3.05) is 0 Å². The van der Waals surface area contributed by atoms with Crippen LogP contribution in [-0.2, 0) is 12.8 Å². The van der Waals surface area contributed by atoms with Crippen LogP contribution in [0.25, 0.3) is 0 Å². The first kappa shape index (κ1) is 13.5. The SMILES string of the molecule is O=c1[nH]c(=S)[nH]c2c1CCCCCCCCCC2. The van der Waals surface area contributed by atoms with Gasteiger partial charge in [0, 0.05) is 11.3 Å². The second-order valence-electron chi connectivity index (χ2n) is 5.19. The first-order valence-electron chi connectivity index (χ1n) is 7.12. The summed E-state index contributed by atoms with van der Waals surface area (Å²) < 4.78 is 0.464. The van der Waals surface area contributed by atoms with Crippen molar-refractivity contribution in [3.63, 3.8) is 0 Å². The standard InChI is InChI=1S/C14H22N2OS/c17-13-11-9-7-5-3-1-2-4-6-8-10-12(11)15-14(18)16-13/h1-10H2,(H2,15,16,17,18). The number of rotatable bonds is 0. The summed E-state index contributed by atoms with van der Waals surface area (Å²) in [6, 6.07) is 0. The fourth-order valence-electron chi connectivity index (χ4n) is 2.70. The summed E-state index contributed by atoms with van der Waals surface area (Å²) in [5.74, 6) is 0. The third-order valence-corrected chi connectivity index (χ3v) is 3.94. The van der Waals surface area contributed by atoms with E-state index in [0.717, 1.165) is 36.9 Å². The number of nitrogens with one attached hydrogen (secondary N) is 2. The molecule has 1 aliphatic rings. The van der Waals surface area contributed by atoms with Gasteiger partial charge in [-0.25, -0.2) is 0 Å². The molecule has 2 rings (SSSR count). The van der Waals surface area contributed by atoms with Crippen LogP contribution in [0, 0.1) is 4.77 Å². The van der Waals surface area contributed by atoms with Crippen LogP contribution >= 0.6 is 12.2 Å². The zero-order valence-electron chi connectivity index (χ0n) is 10.9. The van der Waals surface area contributed by atoms with Crippen LogP contribution < -0.4 is 5.56 Å². The van der Waals surface area contributed by atoms with Crippen molar-refractivity contribution in [1.82, 2.24) is 9.97 Å². The summed E-state index contributed by atoms with van der Waals surface area (Å²) in [6.07, 6.45) is 11.9. The first-order chi connectivity index (χ1) is 8.77. The molecule has 4 heteroatoms. The van der Waals surface area contributed by atoms with E-state index in [-0.39, 0.29) is 5.56 Å². The Morgan fingerprint density at radius 1 is 0.778 bits per heavy atom. The maximum atomic E-state index is 12.0. The highest BCUT2D eigenvalue weighted by atomic mass is 32.1. The van der Waals surface area contributed by atoms with Crippen molar-refractivity contribution in [2.45, 2.75) is 64.2 Å². The van der Waals surface area contributed by atoms with Gasteiger partial charge in [0.05, 0.1) is 0 Å². The van der Waals surface area contributed by atoms with Gasteiger partial charge >= 0.3 is 0 Å². The molecule has 100 valence electrons. The molecule has 0 radical (unpaired) electrons. The summed E-state index contributed by atoms with van der Waals surface area (Å²) in [7, 11) is 0. The van der Waals surface area contributed by atoms with Crippen molar-refractivity contribution >= 4 is 12.2 Å². The van der Waals surface area contributed by atoms with Crippen molar-refractivity contribution < 1.29 is 0 Å². The summed E-state index contributed by atoms with van der Waals surface area (Å²) in [5, 5.41) is 0. The minimum atomic E-state index is 0.0193. The molecule has 0 atom stereocenters. The molecular weight excluding hydrogens is 244 g/mol. The highest BCUT2D eigenvalue weighted by Crippen LogP contribution is 2.15. The van der Waals surface area contributed by atoms with E-state index >= 15 is 0 Å². The maximum Gasteiger partial charge on any atom is 0.255 e. The van der Waals surface area contributed by atoms with Gasteiger partial charge < -0.3 is 4.98 Å². The third-order valence-electron chi connectivity index (χ3n) is 3.73. The van der Waals surface area contributed by atoms with Crippen LogP contribution in [0.3, 0.4) is 0 Å². The summed E-state index contributed by atoms with van der Waals surface area (Å²) in [6.45, 7) is 0. The second kappa shape index (κ2) is 6.88. The number of aromatic nitrogens is 2.